The van der Waals surface area contributed by atoms with Crippen LogP contribution in [0, 0.1) is 0 Å². The summed E-state index contributed by atoms with van der Waals surface area (Å²) in [7, 11) is 0. The number of rotatable bonds is 2. The predicted molar refractivity (Wildman–Crippen MR) is 207 cm³/mol. The predicted octanol–water partition coefficient (Wildman–Crippen LogP) is 11.6. The van der Waals surface area contributed by atoms with Crippen molar-refractivity contribution < 1.29 is 0 Å². The van der Waals surface area contributed by atoms with Gasteiger partial charge in [0.25, 0.3) is 0 Å². The lowest BCUT2D eigenvalue weighted by atomic mass is 9.75. The second kappa shape index (κ2) is 11.1. The van der Waals surface area contributed by atoms with Gasteiger partial charge in [0.05, 0.1) is 16.7 Å². The lowest BCUT2D eigenvalue weighted by molar-refractivity contribution is 0.591. The van der Waals surface area contributed by atoms with Crippen LogP contribution in [-0.2, 0) is 10.8 Å². The first-order chi connectivity index (χ1) is 24.2. The summed E-state index contributed by atoms with van der Waals surface area (Å²) in [6, 6.07) is 50.1. The third-order valence-electron chi connectivity index (χ3n) is 10.4. The lowest BCUT2D eigenvalue weighted by Gasteiger charge is -2.28. The second-order valence-corrected chi connectivity index (χ2v) is 15.0. The van der Waals surface area contributed by atoms with Gasteiger partial charge in [-0.3, -0.25) is 0 Å². The van der Waals surface area contributed by atoms with E-state index in [1.807, 2.05) is 18.2 Å². The molecule has 4 heteroatoms. The average molecular weight is 647 g/mol. The molecule has 0 amide bonds. The topological polar surface area (TPSA) is 43.6 Å². The van der Waals surface area contributed by atoms with Gasteiger partial charge < -0.3 is 4.57 Å². The quantitative estimate of drug-likeness (QED) is 0.188. The summed E-state index contributed by atoms with van der Waals surface area (Å²) < 4.78 is 2.41. The summed E-state index contributed by atoms with van der Waals surface area (Å²) in [6.07, 6.45) is 0. The molecule has 4 heterocycles. The Balaban J connectivity index is 1.47. The van der Waals surface area contributed by atoms with Crippen molar-refractivity contribution in [2.75, 3.05) is 0 Å². The van der Waals surface area contributed by atoms with Gasteiger partial charge in [0.15, 0.2) is 17.5 Å². The van der Waals surface area contributed by atoms with Crippen molar-refractivity contribution in [2.24, 2.45) is 0 Å². The van der Waals surface area contributed by atoms with Gasteiger partial charge in [-0.1, -0.05) is 138 Å². The highest BCUT2D eigenvalue weighted by atomic mass is 15.1. The molecule has 2 aromatic heterocycles. The van der Waals surface area contributed by atoms with Gasteiger partial charge in [-0.25, -0.2) is 15.0 Å². The molecule has 8 aromatic rings. The summed E-state index contributed by atoms with van der Waals surface area (Å²) in [5, 5.41) is 2.48. The molecule has 242 valence electrons. The summed E-state index contributed by atoms with van der Waals surface area (Å²) in [4.78, 5) is 15.8. The largest absolute Gasteiger partial charge is 0.309 e. The van der Waals surface area contributed by atoms with Crippen LogP contribution in [0.15, 0.2) is 140 Å². The Bertz CT molecular complexity index is 2590. The van der Waals surface area contributed by atoms with E-state index in [2.05, 4.69) is 161 Å². The number of hydrogen-bond donors (Lipinski definition) is 0. The number of nitrogens with zero attached hydrogens (tertiary/aromatic N) is 4. The van der Waals surface area contributed by atoms with Crippen molar-refractivity contribution in [3.63, 3.8) is 0 Å². The zero-order chi connectivity index (χ0) is 34.2. The van der Waals surface area contributed by atoms with Crippen LogP contribution in [0.1, 0.15) is 51.3 Å². The molecule has 0 fully saturated rings. The number of fused-ring (bicyclic) bond motifs is 2. The van der Waals surface area contributed by atoms with E-state index in [0.717, 1.165) is 44.5 Å². The molecule has 10 rings (SSSR count). The van der Waals surface area contributed by atoms with Gasteiger partial charge >= 0.3 is 0 Å². The zero-order valence-electron chi connectivity index (χ0n) is 29.1. The van der Waals surface area contributed by atoms with Gasteiger partial charge in [0, 0.05) is 32.9 Å². The van der Waals surface area contributed by atoms with Gasteiger partial charge in [-0.05, 0) is 69.6 Å². The van der Waals surface area contributed by atoms with Crippen LogP contribution < -0.4 is 0 Å². The molecule has 6 bridgehead atoms. The van der Waals surface area contributed by atoms with E-state index < -0.39 is 0 Å². The van der Waals surface area contributed by atoms with E-state index in [-0.39, 0.29) is 10.8 Å². The highest BCUT2D eigenvalue weighted by molar-refractivity contribution is 6.10. The standard InChI is InChI=1S/C46H38N4/c1-45(2,3)32-21-24-39-35(27-32)36-28-33-22-25-40(36)50(39)41-23-20-31(29-14-8-6-9-15-29)26-37(41)44-48-42(30-16-10-7-11-17-30)47-43(49-44)34-18-12-13-19-38(34)46(33,4)5/h6-28H,1-5H3. The first-order valence-corrected chi connectivity index (χ1v) is 17.4. The van der Waals surface area contributed by atoms with Crippen LogP contribution in [0.5, 0.6) is 0 Å². The summed E-state index contributed by atoms with van der Waals surface area (Å²) in [5.74, 6) is 1.97. The molecule has 0 saturated heterocycles. The van der Waals surface area contributed by atoms with Crippen molar-refractivity contribution in [2.45, 2.75) is 45.4 Å². The minimum Gasteiger partial charge on any atom is -0.309 e. The molecule has 2 aliphatic heterocycles. The highest BCUT2D eigenvalue weighted by Gasteiger charge is 2.30. The SMILES string of the molecule is CC(C)(C)c1ccc2c(c1)c1cc3ccc1n2-c1ccc(-c2ccccc2)cc1-c1nc(-c2ccccc2)nc(n1)-c1ccccc1C3(C)C. The van der Waals surface area contributed by atoms with E-state index in [1.165, 1.54) is 27.5 Å². The molecule has 0 aliphatic carbocycles. The van der Waals surface area contributed by atoms with Crippen molar-refractivity contribution in [1.82, 2.24) is 19.5 Å². The van der Waals surface area contributed by atoms with E-state index in [9.17, 15) is 0 Å². The zero-order valence-corrected chi connectivity index (χ0v) is 29.1. The van der Waals surface area contributed by atoms with Crippen molar-refractivity contribution in [3.05, 3.63) is 156 Å². The molecule has 0 radical (unpaired) electrons. The fourth-order valence-electron chi connectivity index (χ4n) is 7.57. The van der Waals surface area contributed by atoms with E-state index in [4.69, 9.17) is 15.0 Å². The molecule has 0 spiro atoms. The average Bonchev–Trinajstić information content (AvgIpc) is 3.47. The molecular weight excluding hydrogens is 609 g/mol. The van der Waals surface area contributed by atoms with Gasteiger partial charge in [0.1, 0.15) is 0 Å². The monoisotopic (exact) mass is 646 g/mol. The molecule has 0 saturated carbocycles. The summed E-state index contributed by atoms with van der Waals surface area (Å²) >= 11 is 0. The van der Waals surface area contributed by atoms with Gasteiger partial charge in [-0.15, -0.1) is 0 Å². The molecule has 2 aliphatic rings. The fourth-order valence-corrected chi connectivity index (χ4v) is 7.57. The summed E-state index contributed by atoms with van der Waals surface area (Å²) in [5.41, 5.74) is 11.9. The van der Waals surface area contributed by atoms with E-state index in [0.29, 0.717) is 17.5 Å². The van der Waals surface area contributed by atoms with Crippen LogP contribution in [0.2, 0.25) is 0 Å². The first-order valence-electron chi connectivity index (χ1n) is 17.4. The van der Waals surface area contributed by atoms with Crippen LogP contribution in [-0.4, -0.2) is 19.5 Å². The smallest absolute Gasteiger partial charge is 0.166 e. The molecule has 4 nitrogen and oxygen atoms in total. The second-order valence-electron chi connectivity index (χ2n) is 15.0. The normalized spacial score (nSPS) is 13.5. The van der Waals surface area contributed by atoms with E-state index in [1.54, 1.807) is 0 Å². The van der Waals surface area contributed by atoms with Crippen molar-refractivity contribution >= 4 is 21.8 Å². The maximum Gasteiger partial charge on any atom is 0.166 e. The fraction of sp³-hybridized carbons (Fsp3) is 0.152. The Hall–Kier alpha value is -5.87. The Morgan fingerprint density at radius 2 is 1.10 bits per heavy atom. The van der Waals surface area contributed by atoms with Gasteiger partial charge in [0.2, 0.25) is 0 Å². The van der Waals surface area contributed by atoms with Gasteiger partial charge in [-0.2, -0.15) is 0 Å². The summed E-state index contributed by atoms with van der Waals surface area (Å²) in [6.45, 7) is 11.5. The minimum absolute atomic E-state index is 0.0108. The maximum atomic E-state index is 5.36. The van der Waals surface area contributed by atoms with Crippen molar-refractivity contribution in [3.8, 4) is 51.0 Å². The Morgan fingerprint density at radius 1 is 0.500 bits per heavy atom. The Labute approximate surface area is 293 Å². The lowest BCUT2D eigenvalue weighted by Crippen LogP contribution is -2.20. The van der Waals surface area contributed by atoms with Crippen LogP contribution >= 0.6 is 0 Å². The third-order valence-corrected chi connectivity index (χ3v) is 10.4. The number of hydrogen-bond acceptors (Lipinski definition) is 3. The number of benzene rings is 6. The molecular formula is C46H38N4. The van der Waals surface area contributed by atoms with Crippen LogP contribution in [0.3, 0.4) is 0 Å². The van der Waals surface area contributed by atoms with Crippen LogP contribution in [0.4, 0.5) is 0 Å². The Kier molecular flexibility index (Phi) is 6.69. The molecule has 0 N–H and O–H groups in total. The molecule has 0 unspecified atom stereocenters. The molecule has 50 heavy (non-hydrogen) atoms. The molecule has 6 aromatic carbocycles. The Morgan fingerprint density at radius 3 is 1.82 bits per heavy atom. The first kappa shape index (κ1) is 30.2. The minimum atomic E-state index is -0.345. The molecule has 0 atom stereocenters. The van der Waals surface area contributed by atoms with Crippen molar-refractivity contribution in [1.29, 1.82) is 0 Å². The van der Waals surface area contributed by atoms with Crippen LogP contribution in [0.25, 0.3) is 72.8 Å². The third kappa shape index (κ3) is 4.78. The highest BCUT2D eigenvalue weighted by Crippen LogP contribution is 2.44. The maximum absolute atomic E-state index is 5.36. The van der Waals surface area contributed by atoms with E-state index >= 15 is 0 Å². The number of aromatic nitrogens is 4.